The molecule has 0 atom stereocenters. The smallest absolute Gasteiger partial charge is 0.350 e. The molecule has 1 aromatic heterocycles. The minimum atomic E-state index is -0.490. The van der Waals surface area contributed by atoms with Crippen molar-refractivity contribution >= 4 is 33.9 Å². The molecule has 6 nitrogen and oxygen atoms in total. The van der Waals surface area contributed by atoms with Gasteiger partial charge < -0.3 is 21.1 Å². The number of nitrogen functional groups attached to an aromatic ring is 1. The molecule has 0 unspecified atom stereocenters. The second-order valence-corrected chi connectivity index (χ2v) is 6.53. The lowest BCUT2D eigenvalue weighted by molar-refractivity contribution is 0.0533. The van der Waals surface area contributed by atoms with Crippen LogP contribution in [-0.4, -0.2) is 32.1 Å². The molecule has 1 aliphatic rings. The second kappa shape index (κ2) is 5.93. The van der Waals surface area contributed by atoms with Crippen LogP contribution in [-0.2, 0) is 4.74 Å². The van der Waals surface area contributed by atoms with E-state index in [1.54, 1.807) is 6.92 Å². The van der Waals surface area contributed by atoms with Crippen molar-refractivity contribution < 1.29 is 14.3 Å². The van der Waals surface area contributed by atoms with E-state index in [2.05, 4.69) is 17.6 Å². The molecule has 1 aromatic rings. The fourth-order valence-electron chi connectivity index (χ4n) is 1.95. The van der Waals surface area contributed by atoms with E-state index in [-0.39, 0.29) is 28.5 Å². The van der Waals surface area contributed by atoms with Crippen LogP contribution in [0.3, 0.4) is 0 Å². The minimum Gasteiger partial charge on any atom is -0.462 e. The van der Waals surface area contributed by atoms with Crippen molar-refractivity contribution in [2.24, 2.45) is 5.41 Å². The number of ether oxygens (including phenoxy) is 1. The van der Waals surface area contributed by atoms with E-state index in [1.807, 2.05) is 0 Å². The van der Waals surface area contributed by atoms with Crippen molar-refractivity contribution in [2.75, 3.05) is 31.2 Å². The predicted molar refractivity (Wildman–Crippen MR) is 83.9 cm³/mol. The van der Waals surface area contributed by atoms with Crippen molar-refractivity contribution in [3.63, 3.8) is 0 Å². The first-order valence-electron chi connectivity index (χ1n) is 6.97. The van der Waals surface area contributed by atoms with Gasteiger partial charge in [0.1, 0.15) is 9.88 Å². The lowest BCUT2D eigenvalue weighted by Crippen LogP contribution is -2.21. The van der Waals surface area contributed by atoms with Crippen LogP contribution in [0.5, 0.6) is 0 Å². The van der Waals surface area contributed by atoms with Crippen LogP contribution in [0.4, 0.5) is 10.7 Å². The van der Waals surface area contributed by atoms with Crippen molar-refractivity contribution in [1.82, 2.24) is 5.32 Å². The maximum absolute atomic E-state index is 12.0. The fraction of sp³-hybridized carbons (Fsp3) is 0.571. The van der Waals surface area contributed by atoms with Gasteiger partial charge in [0.05, 0.1) is 17.9 Å². The zero-order chi connectivity index (χ0) is 15.6. The number of anilines is 2. The highest BCUT2D eigenvalue weighted by atomic mass is 32.1. The van der Waals surface area contributed by atoms with E-state index in [9.17, 15) is 9.59 Å². The summed E-state index contributed by atoms with van der Waals surface area (Å²) in [4.78, 5) is 24.2. The maximum Gasteiger partial charge on any atom is 0.350 e. The van der Waals surface area contributed by atoms with E-state index in [1.165, 1.54) is 31.2 Å². The van der Waals surface area contributed by atoms with Gasteiger partial charge in [-0.3, -0.25) is 4.79 Å². The number of thiophene rings is 1. The van der Waals surface area contributed by atoms with E-state index < -0.39 is 5.97 Å². The number of nitrogens with one attached hydrogen (secondary N) is 2. The number of hydrogen-bond acceptors (Lipinski definition) is 6. The summed E-state index contributed by atoms with van der Waals surface area (Å²) in [5, 5.41) is 6.44. The van der Waals surface area contributed by atoms with Crippen LogP contribution in [0.1, 0.15) is 46.7 Å². The van der Waals surface area contributed by atoms with E-state index in [4.69, 9.17) is 10.5 Å². The quantitative estimate of drug-likeness (QED) is 0.699. The number of esters is 1. The first kappa shape index (κ1) is 15.6. The van der Waals surface area contributed by atoms with Gasteiger partial charge in [0.2, 0.25) is 0 Å². The SMILES string of the molecule is CCOC(=O)c1sc(NCC2(C)CC2)c(C(=O)NC)c1N. The van der Waals surface area contributed by atoms with Crippen molar-refractivity contribution in [3.05, 3.63) is 10.4 Å². The number of rotatable bonds is 6. The molecular weight excluding hydrogens is 290 g/mol. The third-order valence-electron chi connectivity index (χ3n) is 3.64. The molecular formula is C14H21N3O3S. The largest absolute Gasteiger partial charge is 0.462 e. The lowest BCUT2D eigenvalue weighted by Gasteiger charge is -2.11. The molecule has 1 fully saturated rings. The van der Waals surface area contributed by atoms with Gasteiger partial charge in [-0.25, -0.2) is 4.79 Å². The van der Waals surface area contributed by atoms with Crippen LogP contribution in [0.2, 0.25) is 0 Å². The Morgan fingerprint density at radius 1 is 1.43 bits per heavy atom. The van der Waals surface area contributed by atoms with Crippen molar-refractivity contribution in [1.29, 1.82) is 0 Å². The highest BCUT2D eigenvalue weighted by Gasteiger charge is 2.37. The first-order chi connectivity index (χ1) is 9.91. The third-order valence-corrected chi connectivity index (χ3v) is 4.78. The Morgan fingerprint density at radius 2 is 2.10 bits per heavy atom. The lowest BCUT2D eigenvalue weighted by atomic mass is 10.1. The number of hydrogen-bond donors (Lipinski definition) is 3. The van der Waals surface area contributed by atoms with E-state index in [0.717, 1.165) is 6.54 Å². The zero-order valence-corrected chi connectivity index (χ0v) is 13.4. The maximum atomic E-state index is 12.0. The second-order valence-electron chi connectivity index (χ2n) is 5.51. The molecule has 1 amide bonds. The van der Waals surface area contributed by atoms with Crippen LogP contribution in [0, 0.1) is 5.41 Å². The molecule has 1 heterocycles. The summed E-state index contributed by atoms with van der Waals surface area (Å²) in [5.74, 6) is -0.793. The van der Waals surface area contributed by atoms with Gasteiger partial charge in [0.25, 0.3) is 5.91 Å². The number of carbonyl (C=O) groups excluding carboxylic acids is 2. The monoisotopic (exact) mass is 311 g/mol. The normalized spacial score (nSPS) is 15.4. The van der Waals surface area contributed by atoms with Gasteiger partial charge >= 0.3 is 5.97 Å². The fourth-order valence-corrected chi connectivity index (χ4v) is 2.96. The Hall–Kier alpha value is -1.76. The summed E-state index contributed by atoms with van der Waals surface area (Å²) < 4.78 is 4.98. The van der Waals surface area contributed by atoms with E-state index in [0.29, 0.717) is 10.6 Å². The molecule has 116 valence electrons. The van der Waals surface area contributed by atoms with Crippen LogP contribution in [0.25, 0.3) is 0 Å². The number of nitrogens with two attached hydrogens (primary N) is 1. The molecule has 0 spiro atoms. The minimum absolute atomic E-state index is 0.182. The summed E-state index contributed by atoms with van der Waals surface area (Å²) in [5.41, 5.74) is 6.77. The summed E-state index contributed by atoms with van der Waals surface area (Å²) >= 11 is 1.17. The van der Waals surface area contributed by atoms with E-state index >= 15 is 0 Å². The summed E-state index contributed by atoms with van der Waals surface area (Å²) in [6, 6.07) is 0. The Labute approximate surface area is 128 Å². The Balaban J connectivity index is 2.29. The van der Waals surface area contributed by atoms with Gasteiger partial charge in [-0.05, 0) is 25.2 Å². The van der Waals surface area contributed by atoms with Crippen molar-refractivity contribution in [2.45, 2.75) is 26.7 Å². The van der Waals surface area contributed by atoms with Crippen LogP contribution >= 0.6 is 11.3 Å². The Bertz CT molecular complexity index is 564. The highest BCUT2D eigenvalue weighted by molar-refractivity contribution is 7.19. The molecule has 1 aliphatic carbocycles. The third kappa shape index (κ3) is 3.29. The highest BCUT2D eigenvalue weighted by Crippen LogP contribution is 2.46. The topological polar surface area (TPSA) is 93.4 Å². The number of carbonyl (C=O) groups is 2. The standard InChI is InChI=1S/C14H21N3O3S/c1-4-20-13(19)10-9(15)8(11(18)16-3)12(21-10)17-7-14(2)5-6-14/h17H,4-7,15H2,1-3H3,(H,16,18). The molecule has 0 aromatic carbocycles. The molecule has 7 heteroatoms. The van der Waals surface area contributed by atoms with Crippen LogP contribution in [0.15, 0.2) is 0 Å². The average Bonchev–Trinajstić information content (AvgIpc) is 3.09. The molecule has 0 aliphatic heterocycles. The Kier molecular flexibility index (Phi) is 4.41. The molecule has 0 saturated heterocycles. The molecule has 4 N–H and O–H groups in total. The van der Waals surface area contributed by atoms with Gasteiger partial charge in [0.15, 0.2) is 0 Å². The van der Waals surface area contributed by atoms with Gasteiger partial charge in [-0.15, -0.1) is 11.3 Å². The van der Waals surface area contributed by atoms with Crippen molar-refractivity contribution in [3.8, 4) is 0 Å². The summed E-state index contributed by atoms with van der Waals surface area (Å²) in [7, 11) is 1.54. The predicted octanol–water partition coefficient (Wildman–Crippen LogP) is 2.08. The molecule has 21 heavy (non-hydrogen) atoms. The Morgan fingerprint density at radius 3 is 2.62 bits per heavy atom. The molecule has 0 bridgehead atoms. The molecule has 2 rings (SSSR count). The number of amides is 1. The zero-order valence-electron chi connectivity index (χ0n) is 12.5. The summed E-state index contributed by atoms with van der Waals surface area (Å²) in [6.07, 6.45) is 2.34. The van der Waals surface area contributed by atoms with Gasteiger partial charge in [-0.1, -0.05) is 6.92 Å². The summed E-state index contributed by atoms with van der Waals surface area (Å²) in [6.45, 7) is 4.95. The molecule has 1 saturated carbocycles. The van der Waals surface area contributed by atoms with Gasteiger partial charge in [0, 0.05) is 13.6 Å². The van der Waals surface area contributed by atoms with Crippen LogP contribution < -0.4 is 16.4 Å². The molecule has 0 radical (unpaired) electrons. The average molecular weight is 311 g/mol. The first-order valence-corrected chi connectivity index (χ1v) is 7.79. The van der Waals surface area contributed by atoms with Gasteiger partial charge in [-0.2, -0.15) is 0 Å².